The predicted octanol–water partition coefficient (Wildman–Crippen LogP) is 0.859. The van der Waals surface area contributed by atoms with Crippen molar-refractivity contribution in [2.75, 3.05) is 5.73 Å². The molecule has 62 valence electrons. The summed E-state index contributed by atoms with van der Waals surface area (Å²) in [5.41, 5.74) is 8.04. The Morgan fingerprint density at radius 2 is 2.25 bits per heavy atom. The first-order valence-corrected chi connectivity index (χ1v) is 3.73. The zero-order valence-electron chi connectivity index (χ0n) is 7.07. The van der Waals surface area contributed by atoms with Gasteiger partial charge < -0.3 is 10.3 Å². The van der Waals surface area contributed by atoms with Gasteiger partial charge in [0.1, 0.15) is 11.3 Å². The normalized spacial score (nSPS) is 10.8. The Morgan fingerprint density at radius 1 is 1.50 bits per heavy atom. The quantitative estimate of drug-likeness (QED) is 0.625. The number of rotatable bonds is 0. The molecule has 0 amide bonds. The van der Waals surface area contributed by atoms with Crippen LogP contribution in [0, 0.1) is 6.92 Å². The maximum absolute atomic E-state index is 5.72. The number of hydrogen-bond acceptors (Lipinski definition) is 3. The third kappa shape index (κ3) is 0.777. The molecule has 0 unspecified atom stereocenters. The second kappa shape index (κ2) is 2.20. The highest BCUT2D eigenvalue weighted by Gasteiger charge is 2.06. The predicted molar refractivity (Wildman–Crippen MR) is 47.7 cm³/mol. The van der Waals surface area contributed by atoms with Crippen molar-refractivity contribution < 1.29 is 0 Å². The van der Waals surface area contributed by atoms with Gasteiger partial charge in [-0.05, 0) is 13.0 Å². The van der Waals surface area contributed by atoms with Crippen LogP contribution in [0.5, 0.6) is 0 Å². The SMILES string of the molecule is Cc1nc2c(N)ccnc2n1C. The van der Waals surface area contributed by atoms with E-state index in [1.54, 1.807) is 12.3 Å². The van der Waals surface area contributed by atoms with Gasteiger partial charge in [-0.1, -0.05) is 0 Å². The van der Waals surface area contributed by atoms with Gasteiger partial charge in [0.15, 0.2) is 5.65 Å². The van der Waals surface area contributed by atoms with Gasteiger partial charge in [0.2, 0.25) is 0 Å². The molecule has 0 spiro atoms. The van der Waals surface area contributed by atoms with E-state index in [0.29, 0.717) is 5.69 Å². The summed E-state index contributed by atoms with van der Waals surface area (Å²) in [6.45, 7) is 1.93. The molecule has 0 aromatic carbocycles. The van der Waals surface area contributed by atoms with Gasteiger partial charge in [0.25, 0.3) is 0 Å². The fourth-order valence-electron chi connectivity index (χ4n) is 1.21. The molecule has 0 aliphatic rings. The average molecular weight is 162 g/mol. The molecule has 0 radical (unpaired) electrons. The van der Waals surface area contributed by atoms with Crippen molar-refractivity contribution in [3.63, 3.8) is 0 Å². The Balaban J connectivity index is 2.95. The van der Waals surface area contributed by atoms with Gasteiger partial charge in [-0.25, -0.2) is 9.97 Å². The number of nitrogen functional groups attached to an aromatic ring is 1. The molecule has 0 atom stereocenters. The number of nitrogens with zero attached hydrogens (tertiary/aromatic N) is 3. The number of aryl methyl sites for hydroxylation is 2. The fraction of sp³-hybridized carbons (Fsp3) is 0.250. The van der Waals surface area contributed by atoms with E-state index in [9.17, 15) is 0 Å². The van der Waals surface area contributed by atoms with E-state index in [1.807, 2.05) is 18.5 Å². The van der Waals surface area contributed by atoms with E-state index in [0.717, 1.165) is 17.0 Å². The highest BCUT2D eigenvalue weighted by atomic mass is 15.1. The number of pyridine rings is 1. The van der Waals surface area contributed by atoms with Crippen LogP contribution < -0.4 is 5.73 Å². The second-order valence-corrected chi connectivity index (χ2v) is 2.79. The van der Waals surface area contributed by atoms with E-state index in [2.05, 4.69) is 9.97 Å². The number of aromatic nitrogens is 3. The molecule has 0 aliphatic heterocycles. The summed E-state index contributed by atoms with van der Waals surface area (Å²) >= 11 is 0. The van der Waals surface area contributed by atoms with Crippen LogP contribution in [0.3, 0.4) is 0 Å². The molecule has 4 heteroatoms. The van der Waals surface area contributed by atoms with E-state index in [1.165, 1.54) is 0 Å². The Kier molecular flexibility index (Phi) is 1.30. The molecular formula is C8H10N4. The number of fused-ring (bicyclic) bond motifs is 1. The molecule has 2 N–H and O–H groups in total. The first-order chi connectivity index (χ1) is 5.70. The second-order valence-electron chi connectivity index (χ2n) is 2.79. The van der Waals surface area contributed by atoms with Crippen molar-refractivity contribution in [2.24, 2.45) is 7.05 Å². The van der Waals surface area contributed by atoms with Gasteiger partial charge in [-0.15, -0.1) is 0 Å². The van der Waals surface area contributed by atoms with Crippen molar-refractivity contribution in [1.29, 1.82) is 0 Å². The first kappa shape index (κ1) is 7.09. The summed E-state index contributed by atoms with van der Waals surface area (Å²) in [5.74, 6) is 0.926. The molecule has 0 saturated carbocycles. The molecule has 0 fully saturated rings. The number of imidazole rings is 1. The van der Waals surface area contributed by atoms with Crippen LogP contribution in [-0.2, 0) is 7.05 Å². The van der Waals surface area contributed by atoms with Crippen LogP contribution in [0.25, 0.3) is 11.2 Å². The van der Waals surface area contributed by atoms with Gasteiger partial charge in [0, 0.05) is 13.2 Å². The Labute approximate surface area is 70.0 Å². The molecule has 0 saturated heterocycles. The van der Waals surface area contributed by atoms with Crippen molar-refractivity contribution in [2.45, 2.75) is 6.92 Å². The zero-order valence-corrected chi connectivity index (χ0v) is 7.07. The average Bonchev–Trinajstić information content (AvgIpc) is 2.32. The molecule has 0 aliphatic carbocycles. The van der Waals surface area contributed by atoms with Gasteiger partial charge >= 0.3 is 0 Å². The lowest BCUT2D eigenvalue weighted by molar-refractivity contribution is 0.874. The number of hydrogen-bond donors (Lipinski definition) is 1. The highest BCUT2D eigenvalue weighted by Crippen LogP contribution is 2.17. The molecule has 12 heavy (non-hydrogen) atoms. The van der Waals surface area contributed by atoms with Gasteiger partial charge in [-0.3, -0.25) is 0 Å². The lowest BCUT2D eigenvalue weighted by atomic mass is 10.4. The lowest BCUT2D eigenvalue weighted by Gasteiger charge is -1.95. The van der Waals surface area contributed by atoms with Crippen LogP contribution in [0.4, 0.5) is 5.69 Å². The standard InChI is InChI=1S/C8H10N4/c1-5-11-7-6(9)3-4-10-8(7)12(5)2/h3-4H,1-2H3,(H2,9,10). The first-order valence-electron chi connectivity index (χ1n) is 3.73. The summed E-state index contributed by atoms with van der Waals surface area (Å²) in [5, 5.41) is 0. The molecule has 0 bridgehead atoms. The Bertz CT molecular complexity index is 430. The summed E-state index contributed by atoms with van der Waals surface area (Å²) < 4.78 is 1.92. The molecule has 2 aromatic heterocycles. The van der Waals surface area contributed by atoms with E-state index in [4.69, 9.17) is 5.73 Å². The summed E-state index contributed by atoms with van der Waals surface area (Å²) in [7, 11) is 1.93. The minimum absolute atomic E-state index is 0.684. The third-order valence-corrected chi connectivity index (χ3v) is 2.01. The molecule has 2 rings (SSSR count). The van der Waals surface area contributed by atoms with E-state index in [-0.39, 0.29) is 0 Å². The van der Waals surface area contributed by atoms with Crippen molar-refractivity contribution >= 4 is 16.9 Å². The lowest BCUT2D eigenvalue weighted by Crippen LogP contribution is -1.92. The zero-order chi connectivity index (χ0) is 8.72. The topological polar surface area (TPSA) is 56.7 Å². The van der Waals surface area contributed by atoms with Crippen molar-refractivity contribution in [3.05, 3.63) is 18.1 Å². The fourth-order valence-corrected chi connectivity index (χ4v) is 1.21. The highest BCUT2D eigenvalue weighted by molar-refractivity contribution is 5.84. The van der Waals surface area contributed by atoms with Crippen LogP contribution in [0.2, 0.25) is 0 Å². The molecule has 2 heterocycles. The Hall–Kier alpha value is -1.58. The van der Waals surface area contributed by atoms with E-state index >= 15 is 0 Å². The largest absolute Gasteiger partial charge is 0.397 e. The van der Waals surface area contributed by atoms with Crippen molar-refractivity contribution in [1.82, 2.24) is 14.5 Å². The van der Waals surface area contributed by atoms with Crippen LogP contribution in [0.1, 0.15) is 5.82 Å². The maximum atomic E-state index is 5.72. The summed E-state index contributed by atoms with van der Waals surface area (Å²) in [6.07, 6.45) is 1.69. The number of nitrogens with two attached hydrogens (primary N) is 1. The monoisotopic (exact) mass is 162 g/mol. The summed E-state index contributed by atoms with van der Waals surface area (Å²) in [6, 6.07) is 1.76. The smallest absolute Gasteiger partial charge is 0.161 e. The van der Waals surface area contributed by atoms with Crippen LogP contribution in [-0.4, -0.2) is 14.5 Å². The van der Waals surface area contributed by atoms with Crippen LogP contribution in [0.15, 0.2) is 12.3 Å². The molecule has 4 nitrogen and oxygen atoms in total. The third-order valence-electron chi connectivity index (χ3n) is 2.01. The maximum Gasteiger partial charge on any atom is 0.161 e. The minimum Gasteiger partial charge on any atom is -0.397 e. The molecular weight excluding hydrogens is 152 g/mol. The van der Waals surface area contributed by atoms with E-state index < -0.39 is 0 Å². The summed E-state index contributed by atoms with van der Waals surface area (Å²) in [4.78, 5) is 8.47. The van der Waals surface area contributed by atoms with Gasteiger partial charge in [0.05, 0.1) is 5.69 Å². The molecule has 2 aromatic rings. The van der Waals surface area contributed by atoms with Crippen molar-refractivity contribution in [3.8, 4) is 0 Å². The van der Waals surface area contributed by atoms with Crippen LogP contribution >= 0.6 is 0 Å². The Morgan fingerprint density at radius 3 is 2.92 bits per heavy atom. The number of anilines is 1. The minimum atomic E-state index is 0.684. The van der Waals surface area contributed by atoms with Gasteiger partial charge in [-0.2, -0.15) is 0 Å².